The lowest BCUT2D eigenvalue weighted by Gasteiger charge is -2.28. The van der Waals surface area contributed by atoms with Crippen molar-refractivity contribution in [3.63, 3.8) is 0 Å². The van der Waals surface area contributed by atoms with Crippen LogP contribution >= 0.6 is 0 Å². The minimum absolute atomic E-state index is 0.237. The van der Waals surface area contributed by atoms with Crippen LogP contribution in [0.25, 0.3) is 0 Å². The second-order valence-corrected chi connectivity index (χ2v) is 8.95. The molecule has 0 radical (unpaired) electrons. The summed E-state index contributed by atoms with van der Waals surface area (Å²) in [7, 11) is -3.74. The van der Waals surface area contributed by atoms with Crippen molar-refractivity contribution >= 4 is 10.0 Å². The van der Waals surface area contributed by atoms with Gasteiger partial charge in [-0.2, -0.15) is 4.31 Å². The highest BCUT2D eigenvalue weighted by Crippen LogP contribution is 2.24. The molecule has 148 valence electrons. The molecular weight excluding hydrogens is 378 g/mol. The molecule has 0 heterocycles. The molecule has 0 bridgehead atoms. The fourth-order valence-electron chi connectivity index (χ4n) is 3.23. The molecule has 0 saturated carbocycles. The topological polar surface area (TPSA) is 37.4 Å². The molecule has 4 heteroatoms. The molecule has 0 fully saturated rings. The van der Waals surface area contributed by atoms with E-state index in [-0.39, 0.29) is 11.4 Å². The zero-order valence-corrected chi connectivity index (χ0v) is 17.3. The molecule has 1 unspecified atom stereocenters. The summed E-state index contributed by atoms with van der Waals surface area (Å²) in [4.78, 5) is 0.263. The summed E-state index contributed by atoms with van der Waals surface area (Å²) in [5, 5.41) is 0. The van der Waals surface area contributed by atoms with E-state index in [0.29, 0.717) is 12.8 Å². The van der Waals surface area contributed by atoms with Crippen molar-refractivity contribution in [1.29, 1.82) is 0 Å². The molecule has 29 heavy (non-hydrogen) atoms. The van der Waals surface area contributed by atoms with E-state index in [9.17, 15) is 8.42 Å². The first-order valence-electron chi connectivity index (χ1n) is 9.63. The Labute approximate surface area is 174 Å². The lowest BCUT2D eigenvalue weighted by molar-refractivity contribution is 0.349. The molecule has 1 atom stereocenters. The van der Waals surface area contributed by atoms with Crippen LogP contribution in [-0.2, 0) is 23.0 Å². The molecule has 0 aliphatic rings. The Balaban J connectivity index is 1.92. The van der Waals surface area contributed by atoms with Gasteiger partial charge in [0.05, 0.1) is 10.9 Å². The lowest BCUT2D eigenvalue weighted by atomic mass is 10.1. The van der Waals surface area contributed by atoms with Gasteiger partial charge in [0, 0.05) is 6.54 Å². The van der Waals surface area contributed by atoms with E-state index in [0.717, 1.165) is 16.7 Å². The fourth-order valence-corrected chi connectivity index (χ4v) is 4.80. The third-order valence-electron chi connectivity index (χ3n) is 4.90. The van der Waals surface area contributed by atoms with E-state index < -0.39 is 16.1 Å². The highest BCUT2D eigenvalue weighted by Gasteiger charge is 2.30. The van der Waals surface area contributed by atoms with Crippen LogP contribution in [0.4, 0.5) is 0 Å². The van der Waals surface area contributed by atoms with Crippen LogP contribution in [0, 0.1) is 19.3 Å². The highest BCUT2D eigenvalue weighted by atomic mass is 32.2. The van der Waals surface area contributed by atoms with Crippen molar-refractivity contribution in [3.8, 4) is 12.3 Å². The van der Waals surface area contributed by atoms with Crippen molar-refractivity contribution < 1.29 is 8.42 Å². The predicted molar refractivity (Wildman–Crippen MR) is 118 cm³/mol. The highest BCUT2D eigenvalue weighted by molar-refractivity contribution is 7.89. The zero-order chi connectivity index (χ0) is 20.7. The van der Waals surface area contributed by atoms with Gasteiger partial charge in [0.2, 0.25) is 10.0 Å². The molecule has 3 aromatic rings. The van der Waals surface area contributed by atoms with Gasteiger partial charge in [-0.25, -0.2) is 8.42 Å². The molecule has 0 aliphatic carbocycles. The molecule has 0 amide bonds. The third kappa shape index (κ3) is 5.35. The maximum atomic E-state index is 13.5. The number of hydrogen-bond donors (Lipinski definition) is 0. The second-order valence-electron chi connectivity index (χ2n) is 7.06. The van der Waals surface area contributed by atoms with Crippen LogP contribution in [0.5, 0.6) is 0 Å². The Morgan fingerprint density at radius 2 is 1.41 bits per heavy atom. The van der Waals surface area contributed by atoms with Gasteiger partial charge >= 0.3 is 0 Å². The first kappa shape index (κ1) is 20.9. The van der Waals surface area contributed by atoms with E-state index in [2.05, 4.69) is 5.92 Å². The summed E-state index contributed by atoms with van der Waals surface area (Å²) in [5.41, 5.74) is 3.06. The van der Waals surface area contributed by atoms with Gasteiger partial charge < -0.3 is 0 Å². The Morgan fingerprint density at radius 3 is 1.97 bits per heavy atom. The maximum Gasteiger partial charge on any atom is 0.244 e. The van der Waals surface area contributed by atoms with Gasteiger partial charge in [-0.3, -0.25) is 0 Å². The quantitative estimate of drug-likeness (QED) is 0.506. The Hall–Kier alpha value is -2.87. The monoisotopic (exact) mass is 403 g/mol. The number of sulfonamides is 1. The van der Waals surface area contributed by atoms with E-state index in [1.54, 1.807) is 12.1 Å². The summed E-state index contributed by atoms with van der Waals surface area (Å²) in [5.74, 6) is 2.73. The number of aryl methyl sites for hydroxylation is 2. The van der Waals surface area contributed by atoms with Gasteiger partial charge in [0.25, 0.3) is 0 Å². The summed E-state index contributed by atoms with van der Waals surface area (Å²) >= 11 is 0. The second kappa shape index (κ2) is 9.56. The van der Waals surface area contributed by atoms with Crippen LogP contribution < -0.4 is 0 Å². The number of terminal acetylenes is 1. The van der Waals surface area contributed by atoms with Crippen molar-refractivity contribution in [1.82, 2.24) is 4.31 Å². The summed E-state index contributed by atoms with van der Waals surface area (Å²) in [6.45, 7) is 2.17. The van der Waals surface area contributed by atoms with Gasteiger partial charge in [-0.1, -0.05) is 84.3 Å². The van der Waals surface area contributed by atoms with E-state index in [1.165, 1.54) is 4.31 Å². The molecule has 3 aromatic carbocycles. The molecule has 3 rings (SSSR count). The standard InChI is InChI=1S/C25H25NO2S/c1-3-24(17-16-22-10-6-4-7-11-22)26(20-23-12-8-5-9-13-23)29(27,28)25-18-14-21(2)15-19-25/h1,4-15,18-19,24H,16-17,20H2,2H3. The number of nitrogens with zero attached hydrogens (tertiary/aromatic N) is 1. The molecule has 0 aromatic heterocycles. The fraction of sp³-hybridized carbons (Fsp3) is 0.200. The predicted octanol–water partition coefficient (Wildman–Crippen LogP) is 4.82. The minimum Gasteiger partial charge on any atom is -0.207 e. The maximum absolute atomic E-state index is 13.5. The summed E-state index contributed by atoms with van der Waals surface area (Å²) < 4.78 is 28.4. The molecule has 0 aliphatic heterocycles. The lowest BCUT2D eigenvalue weighted by Crippen LogP contribution is -2.39. The minimum atomic E-state index is -3.74. The molecular formula is C25H25NO2S. The third-order valence-corrected chi connectivity index (χ3v) is 6.77. The van der Waals surface area contributed by atoms with Crippen molar-refractivity contribution in [2.75, 3.05) is 0 Å². The van der Waals surface area contributed by atoms with Crippen LogP contribution in [0.15, 0.2) is 89.8 Å². The average Bonchev–Trinajstić information content (AvgIpc) is 2.75. The van der Waals surface area contributed by atoms with Crippen molar-refractivity contribution in [2.24, 2.45) is 0 Å². The molecule has 3 nitrogen and oxygen atoms in total. The normalized spacial score (nSPS) is 12.4. The summed E-state index contributed by atoms with van der Waals surface area (Å²) in [6.07, 6.45) is 7.10. The largest absolute Gasteiger partial charge is 0.244 e. The van der Waals surface area contributed by atoms with Gasteiger partial charge in [0.15, 0.2) is 0 Å². The van der Waals surface area contributed by atoms with E-state index in [4.69, 9.17) is 6.42 Å². The zero-order valence-electron chi connectivity index (χ0n) is 16.5. The van der Waals surface area contributed by atoms with Crippen LogP contribution in [-0.4, -0.2) is 18.8 Å². The first-order chi connectivity index (χ1) is 14.0. The molecule has 0 spiro atoms. The number of benzene rings is 3. The van der Waals surface area contributed by atoms with Crippen molar-refractivity contribution in [2.45, 2.75) is 37.2 Å². The van der Waals surface area contributed by atoms with Crippen molar-refractivity contribution in [3.05, 3.63) is 102 Å². The number of hydrogen-bond acceptors (Lipinski definition) is 2. The van der Waals surface area contributed by atoms with Crippen LogP contribution in [0.3, 0.4) is 0 Å². The van der Waals surface area contributed by atoms with E-state index in [1.807, 2.05) is 79.7 Å². The molecule has 0 N–H and O–H groups in total. The SMILES string of the molecule is C#CC(CCc1ccccc1)N(Cc1ccccc1)S(=O)(=O)c1ccc(C)cc1. The molecule has 0 saturated heterocycles. The Kier molecular flexibility index (Phi) is 6.87. The summed E-state index contributed by atoms with van der Waals surface area (Å²) in [6, 6.07) is 25.9. The van der Waals surface area contributed by atoms with Crippen LogP contribution in [0.2, 0.25) is 0 Å². The van der Waals surface area contributed by atoms with Gasteiger partial charge in [-0.15, -0.1) is 6.42 Å². The van der Waals surface area contributed by atoms with Crippen LogP contribution in [0.1, 0.15) is 23.1 Å². The first-order valence-corrected chi connectivity index (χ1v) is 11.1. The van der Waals surface area contributed by atoms with E-state index >= 15 is 0 Å². The van der Waals surface area contributed by atoms with Gasteiger partial charge in [-0.05, 0) is 43.0 Å². The number of rotatable bonds is 8. The van der Waals surface area contributed by atoms with Gasteiger partial charge in [0.1, 0.15) is 0 Å². The Morgan fingerprint density at radius 1 is 0.862 bits per heavy atom. The average molecular weight is 404 g/mol. The smallest absolute Gasteiger partial charge is 0.207 e. The Bertz CT molecular complexity index is 1050.